The maximum absolute atomic E-state index is 6.39. The molecule has 0 saturated carbocycles. The second-order valence-electron chi connectivity index (χ2n) is 14.5. The average molecular weight is 714 g/mol. The summed E-state index contributed by atoms with van der Waals surface area (Å²) in [6, 6.07) is 76.5. The molecule has 0 atom stereocenters. The highest BCUT2D eigenvalue weighted by Gasteiger charge is 2.20. The smallest absolute Gasteiger partial charge is 0.137 e. The highest BCUT2D eigenvalue weighted by molar-refractivity contribution is 6.15. The fraction of sp³-hybridized carbons (Fsp3) is 0. The monoisotopic (exact) mass is 713 g/mol. The quantitative estimate of drug-likeness (QED) is 0.160. The number of furan rings is 1. The molecule has 2 nitrogen and oxygen atoms in total. The molecular weight excluding hydrogens is 679 g/mol. The van der Waals surface area contributed by atoms with Gasteiger partial charge in [-0.25, -0.2) is 0 Å². The van der Waals surface area contributed by atoms with E-state index in [1.54, 1.807) is 0 Å². The summed E-state index contributed by atoms with van der Waals surface area (Å²) < 4.78 is 6.39. The van der Waals surface area contributed by atoms with Gasteiger partial charge in [-0.05, 0) is 120 Å². The highest BCUT2D eigenvalue weighted by atomic mass is 16.3. The minimum atomic E-state index is 0.870. The summed E-state index contributed by atoms with van der Waals surface area (Å²) in [6.07, 6.45) is 0. The largest absolute Gasteiger partial charge is 0.456 e. The van der Waals surface area contributed by atoms with E-state index in [1.807, 2.05) is 12.1 Å². The molecule has 11 aromatic rings. The van der Waals surface area contributed by atoms with Gasteiger partial charge < -0.3 is 9.32 Å². The second-order valence-corrected chi connectivity index (χ2v) is 14.5. The predicted octanol–water partition coefficient (Wildman–Crippen LogP) is 15.5. The average Bonchev–Trinajstić information content (AvgIpc) is 3.66. The second kappa shape index (κ2) is 13.2. The third-order valence-electron chi connectivity index (χ3n) is 11.3. The number of anilines is 3. The van der Waals surface area contributed by atoms with E-state index in [2.05, 4.69) is 205 Å². The maximum atomic E-state index is 6.39. The van der Waals surface area contributed by atoms with Gasteiger partial charge in [-0.15, -0.1) is 0 Å². The minimum Gasteiger partial charge on any atom is -0.456 e. The molecule has 11 rings (SSSR count). The van der Waals surface area contributed by atoms with Crippen molar-refractivity contribution in [2.45, 2.75) is 0 Å². The number of hydrogen-bond acceptors (Lipinski definition) is 2. The Morgan fingerprint density at radius 1 is 0.304 bits per heavy atom. The van der Waals surface area contributed by atoms with Gasteiger partial charge in [-0.3, -0.25) is 0 Å². The van der Waals surface area contributed by atoms with E-state index >= 15 is 0 Å². The van der Waals surface area contributed by atoms with Crippen LogP contribution in [0.5, 0.6) is 0 Å². The van der Waals surface area contributed by atoms with Crippen molar-refractivity contribution >= 4 is 71.3 Å². The van der Waals surface area contributed by atoms with Crippen molar-refractivity contribution in [3.63, 3.8) is 0 Å². The van der Waals surface area contributed by atoms with E-state index in [0.29, 0.717) is 0 Å². The van der Waals surface area contributed by atoms with Gasteiger partial charge in [-0.2, -0.15) is 0 Å². The molecule has 0 amide bonds. The van der Waals surface area contributed by atoms with Crippen LogP contribution < -0.4 is 4.90 Å². The fourth-order valence-electron chi connectivity index (χ4n) is 8.58. The van der Waals surface area contributed by atoms with Gasteiger partial charge in [0.2, 0.25) is 0 Å². The topological polar surface area (TPSA) is 16.4 Å². The Hall–Kier alpha value is -7.42. The Morgan fingerprint density at radius 2 is 0.893 bits per heavy atom. The number of nitrogens with zero attached hydrogens (tertiary/aromatic N) is 1. The number of benzene rings is 10. The van der Waals surface area contributed by atoms with Crippen LogP contribution in [-0.2, 0) is 0 Å². The van der Waals surface area contributed by atoms with E-state index in [9.17, 15) is 0 Å². The van der Waals surface area contributed by atoms with E-state index < -0.39 is 0 Å². The number of rotatable bonds is 6. The molecule has 262 valence electrons. The van der Waals surface area contributed by atoms with Crippen LogP contribution in [0.3, 0.4) is 0 Å². The first-order valence-corrected chi connectivity index (χ1v) is 19.2. The fourth-order valence-corrected chi connectivity index (χ4v) is 8.58. The lowest BCUT2D eigenvalue weighted by Crippen LogP contribution is -2.10. The molecule has 10 aromatic carbocycles. The van der Waals surface area contributed by atoms with Crippen molar-refractivity contribution in [1.82, 2.24) is 0 Å². The predicted molar refractivity (Wildman–Crippen MR) is 237 cm³/mol. The van der Waals surface area contributed by atoms with Crippen LogP contribution in [-0.4, -0.2) is 0 Å². The van der Waals surface area contributed by atoms with Gasteiger partial charge in [0.1, 0.15) is 11.2 Å². The van der Waals surface area contributed by atoms with Crippen LogP contribution >= 0.6 is 0 Å². The SMILES string of the molecule is c1ccc(-c2cccc3ccc(-c4ccc(N(c5ccc(-c6cc7ccccc7c7ccccc67)cc5)c5cccc6oc7ccccc7c56)cc4)cc23)cc1. The molecule has 56 heavy (non-hydrogen) atoms. The first-order chi connectivity index (χ1) is 27.8. The van der Waals surface area contributed by atoms with Gasteiger partial charge in [0.15, 0.2) is 0 Å². The Bertz CT molecular complexity index is 3230. The van der Waals surface area contributed by atoms with E-state index in [4.69, 9.17) is 4.42 Å². The van der Waals surface area contributed by atoms with Crippen molar-refractivity contribution in [3.8, 4) is 33.4 Å². The van der Waals surface area contributed by atoms with Crippen LogP contribution in [0.1, 0.15) is 0 Å². The van der Waals surface area contributed by atoms with Crippen LogP contribution in [0.25, 0.3) is 87.6 Å². The van der Waals surface area contributed by atoms with Crippen LogP contribution in [0.15, 0.2) is 217 Å². The summed E-state index contributed by atoms with van der Waals surface area (Å²) in [7, 11) is 0. The summed E-state index contributed by atoms with van der Waals surface area (Å²) >= 11 is 0. The third kappa shape index (κ3) is 5.34. The summed E-state index contributed by atoms with van der Waals surface area (Å²) in [6.45, 7) is 0. The summed E-state index contributed by atoms with van der Waals surface area (Å²) in [5.41, 5.74) is 12.2. The van der Waals surface area contributed by atoms with Gasteiger partial charge >= 0.3 is 0 Å². The normalized spacial score (nSPS) is 11.6. The Morgan fingerprint density at radius 3 is 1.70 bits per heavy atom. The molecule has 0 spiro atoms. The van der Waals surface area contributed by atoms with E-state index in [-0.39, 0.29) is 0 Å². The third-order valence-corrected chi connectivity index (χ3v) is 11.3. The molecule has 1 heterocycles. The molecule has 1 aromatic heterocycles. The minimum absolute atomic E-state index is 0.870. The molecule has 0 unspecified atom stereocenters. The number of para-hydroxylation sites is 1. The van der Waals surface area contributed by atoms with E-state index in [1.165, 1.54) is 65.7 Å². The molecule has 0 bridgehead atoms. The first-order valence-electron chi connectivity index (χ1n) is 19.2. The Labute approximate surface area is 325 Å². The summed E-state index contributed by atoms with van der Waals surface area (Å²) in [4.78, 5) is 2.37. The van der Waals surface area contributed by atoms with Crippen LogP contribution in [0.2, 0.25) is 0 Å². The van der Waals surface area contributed by atoms with Crippen molar-refractivity contribution < 1.29 is 4.42 Å². The number of hydrogen-bond donors (Lipinski definition) is 0. The molecule has 0 fully saturated rings. The van der Waals surface area contributed by atoms with Gasteiger partial charge in [-0.1, -0.05) is 158 Å². The van der Waals surface area contributed by atoms with Crippen LogP contribution in [0.4, 0.5) is 17.1 Å². The Kier molecular flexibility index (Phi) is 7.53. The summed E-state index contributed by atoms with van der Waals surface area (Å²) in [5, 5.41) is 9.73. The zero-order valence-electron chi connectivity index (χ0n) is 30.6. The molecule has 0 aliphatic heterocycles. The van der Waals surface area contributed by atoms with Crippen molar-refractivity contribution in [2.24, 2.45) is 0 Å². The van der Waals surface area contributed by atoms with Crippen molar-refractivity contribution in [1.29, 1.82) is 0 Å². The lowest BCUT2D eigenvalue weighted by Gasteiger charge is -2.27. The lowest BCUT2D eigenvalue weighted by molar-refractivity contribution is 0.669. The van der Waals surface area contributed by atoms with Gasteiger partial charge in [0.25, 0.3) is 0 Å². The molecule has 0 aliphatic carbocycles. The Balaban J connectivity index is 1.04. The molecule has 0 saturated heterocycles. The van der Waals surface area contributed by atoms with Crippen LogP contribution in [0, 0.1) is 0 Å². The maximum Gasteiger partial charge on any atom is 0.137 e. The first kappa shape index (κ1) is 32.0. The van der Waals surface area contributed by atoms with Gasteiger partial charge in [0, 0.05) is 16.8 Å². The standard InChI is InChI=1S/C54H35NO/c1-2-12-37(13-3-1)44-20-10-15-38-24-25-40(34-49(38)44)36-26-30-42(31-27-36)55(51-21-11-23-53-54(51)48-19-8-9-22-52(48)56-53)43-32-28-39(29-33-43)50-35-41-14-4-5-16-45(41)46-17-6-7-18-47(46)50/h1-35H. The molecule has 0 radical (unpaired) electrons. The number of fused-ring (bicyclic) bond motifs is 7. The zero-order valence-corrected chi connectivity index (χ0v) is 30.6. The highest BCUT2D eigenvalue weighted by Crippen LogP contribution is 2.44. The molecule has 2 heteroatoms. The van der Waals surface area contributed by atoms with Gasteiger partial charge in [0.05, 0.1) is 11.1 Å². The molecular formula is C54H35NO. The van der Waals surface area contributed by atoms with Crippen molar-refractivity contribution in [3.05, 3.63) is 212 Å². The lowest BCUT2D eigenvalue weighted by atomic mass is 9.93. The van der Waals surface area contributed by atoms with E-state index in [0.717, 1.165) is 39.0 Å². The zero-order chi connectivity index (χ0) is 37.0. The van der Waals surface area contributed by atoms with Crippen molar-refractivity contribution in [2.75, 3.05) is 4.90 Å². The summed E-state index contributed by atoms with van der Waals surface area (Å²) in [5.74, 6) is 0. The molecule has 0 aliphatic rings. The molecule has 0 N–H and O–H groups in total.